The number of nitrogens with one attached hydrogen (secondary N) is 1. The van der Waals surface area contributed by atoms with Gasteiger partial charge in [-0.2, -0.15) is 0 Å². The van der Waals surface area contributed by atoms with Crippen LogP contribution in [-0.4, -0.2) is 17.6 Å². The van der Waals surface area contributed by atoms with E-state index >= 15 is 0 Å². The Morgan fingerprint density at radius 2 is 2.10 bits per heavy atom. The van der Waals surface area contributed by atoms with Crippen molar-refractivity contribution in [3.8, 4) is 0 Å². The first-order valence-electron chi connectivity index (χ1n) is 6.95. The van der Waals surface area contributed by atoms with E-state index in [0.717, 1.165) is 23.4 Å². The highest BCUT2D eigenvalue weighted by Gasteiger charge is 2.17. The molecule has 1 heterocycles. The molecule has 0 spiro atoms. The first-order valence-corrected chi connectivity index (χ1v) is 6.95. The smallest absolute Gasteiger partial charge is 0.227 e. The van der Waals surface area contributed by atoms with Crippen LogP contribution in [0.25, 0.3) is 0 Å². The van der Waals surface area contributed by atoms with Crippen molar-refractivity contribution in [1.29, 1.82) is 0 Å². The molecular formula is C16H20N2O2. The van der Waals surface area contributed by atoms with E-state index in [4.69, 9.17) is 4.52 Å². The number of hydrogen-bond acceptors (Lipinski definition) is 3. The first kappa shape index (κ1) is 14.3. The quantitative estimate of drug-likeness (QED) is 0.879. The highest BCUT2D eigenvalue weighted by Crippen LogP contribution is 2.19. The SMILES string of the molecule is CC[C@H](C(=O)NCCc1cc(C)no1)c1ccccc1. The van der Waals surface area contributed by atoms with Gasteiger partial charge in [-0.05, 0) is 18.9 Å². The van der Waals surface area contributed by atoms with Crippen LogP contribution < -0.4 is 5.32 Å². The maximum absolute atomic E-state index is 12.2. The van der Waals surface area contributed by atoms with Crippen molar-refractivity contribution in [3.05, 3.63) is 53.4 Å². The Hall–Kier alpha value is -2.10. The van der Waals surface area contributed by atoms with E-state index in [2.05, 4.69) is 10.5 Å². The molecule has 4 heteroatoms. The molecule has 20 heavy (non-hydrogen) atoms. The molecule has 0 aliphatic carbocycles. The van der Waals surface area contributed by atoms with Crippen LogP contribution in [0.2, 0.25) is 0 Å². The van der Waals surface area contributed by atoms with Crippen LogP contribution in [0.15, 0.2) is 40.9 Å². The number of nitrogens with zero attached hydrogens (tertiary/aromatic N) is 1. The average Bonchev–Trinajstić information content (AvgIpc) is 2.86. The summed E-state index contributed by atoms with van der Waals surface area (Å²) in [7, 11) is 0. The number of carbonyl (C=O) groups is 1. The van der Waals surface area contributed by atoms with Gasteiger partial charge in [0.25, 0.3) is 0 Å². The Balaban J connectivity index is 1.87. The first-order chi connectivity index (χ1) is 9.70. The Kier molecular flexibility index (Phi) is 4.93. The van der Waals surface area contributed by atoms with E-state index < -0.39 is 0 Å². The zero-order chi connectivity index (χ0) is 14.4. The third kappa shape index (κ3) is 3.70. The molecule has 106 valence electrons. The lowest BCUT2D eigenvalue weighted by atomic mass is 9.96. The molecule has 0 aliphatic rings. The van der Waals surface area contributed by atoms with Gasteiger partial charge in [0.1, 0.15) is 5.76 Å². The van der Waals surface area contributed by atoms with Crippen LogP contribution in [0.3, 0.4) is 0 Å². The second-order valence-electron chi connectivity index (χ2n) is 4.85. The fourth-order valence-corrected chi connectivity index (χ4v) is 2.22. The van der Waals surface area contributed by atoms with Crippen LogP contribution in [0.4, 0.5) is 0 Å². The maximum atomic E-state index is 12.2. The molecule has 1 aromatic heterocycles. The molecule has 1 amide bonds. The van der Waals surface area contributed by atoms with Gasteiger partial charge in [-0.25, -0.2) is 0 Å². The Labute approximate surface area is 119 Å². The summed E-state index contributed by atoms with van der Waals surface area (Å²) in [6, 6.07) is 11.8. The van der Waals surface area contributed by atoms with Crippen molar-refractivity contribution < 1.29 is 9.32 Å². The second-order valence-corrected chi connectivity index (χ2v) is 4.85. The van der Waals surface area contributed by atoms with Crippen molar-refractivity contribution in [2.75, 3.05) is 6.54 Å². The maximum Gasteiger partial charge on any atom is 0.227 e. The highest BCUT2D eigenvalue weighted by atomic mass is 16.5. The summed E-state index contributed by atoms with van der Waals surface area (Å²) in [5, 5.41) is 6.79. The summed E-state index contributed by atoms with van der Waals surface area (Å²) < 4.78 is 5.12. The van der Waals surface area contributed by atoms with Crippen LogP contribution in [0, 0.1) is 6.92 Å². The van der Waals surface area contributed by atoms with E-state index in [0.29, 0.717) is 13.0 Å². The summed E-state index contributed by atoms with van der Waals surface area (Å²) in [5.41, 5.74) is 1.92. The number of aromatic nitrogens is 1. The van der Waals surface area contributed by atoms with Gasteiger partial charge in [-0.3, -0.25) is 4.79 Å². The normalized spacial score (nSPS) is 12.1. The van der Waals surface area contributed by atoms with Gasteiger partial charge in [0.15, 0.2) is 0 Å². The second kappa shape index (κ2) is 6.89. The molecule has 0 saturated carbocycles. The van der Waals surface area contributed by atoms with Gasteiger partial charge in [0.05, 0.1) is 11.6 Å². The van der Waals surface area contributed by atoms with Gasteiger partial charge >= 0.3 is 0 Å². The molecule has 0 saturated heterocycles. The minimum absolute atomic E-state index is 0.0648. The standard InChI is InChI=1S/C16H20N2O2/c1-3-15(13-7-5-4-6-8-13)16(19)17-10-9-14-11-12(2)18-20-14/h4-8,11,15H,3,9-10H2,1-2H3,(H,17,19)/t15-/m0/s1. The molecule has 1 N–H and O–H groups in total. The zero-order valence-electron chi connectivity index (χ0n) is 11.9. The average molecular weight is 272 g/mol. The minimum Gasteiger partial charge on any atom is -0.361 e. The number of amides is 1. The lowest BCUT2D eigenvalue weighted by molar-refractivity contribution is -0.122. The van der Waals surface area contributed by atoms with Gasteiger partial charge in [-0.15, -0.1) is 0 Å². The number of benzene rings is 1. The molecule has 4 nitrogen and oxygen atoms in total. The van der Waals surface area contributed by atoms with Crippen molar-refractivity contribution in [3.63, 3.8) is 0 Å². The highest BCUT2D eigenvalue weighted by molar-refractivity contribution is 5.83. The minimum atomic E-state index is -0.0901. The van der Waals surface area contributed by atoms with Crippen LogP contribution in [0.5, 0.6) is 0 Å². The largest absolute Gasteiger partial charge is 0.361 e. The van der Waals surface area contributed by atoms with E-state index in [1.165, 1.54) is 0 Å². The van der Waals surface area contributed by atoms with Crippen LogP contribution in [0.1, 0.15) is 36.3 Å². The molecule has 2 rings (SSSR count). The van der Waals surface area contributed by atoms with Crippen molar-refractivity contribution in [2.24, 2.45) is 0 Å². The van der Waals surface area contributed by atoms with Crippen molar-refractivity contribution >= 4 is 5.91 Å². The van der Waals surface area contributed by atoms with Crippen molar-refractivity contribution in [2.45, 2.75) is 32.6 Å². The van der Waals surface area contributed by atoms with Gasteiger partial charge < -0.3 is 9.84 Å². The van der Waals surface area contributed by atoms with E-state index in [-0.39, 0.29) is 11.8 Å². The number of aryl methyl sites for hydroxylation is 1. The summed E-state index contributed by atoms with van der Waals surface area (Å²) in [4.78, 5) is 12.2. The molecule has 0 aliphatic heterocycles. The Bertz CT molecular complexity index is 549. The topological polar surface area (TPSA) is 55.1 Å². The van der Waals surface area contributed by atoms with E-state index in [9.17, 15) is 4.79 Å². The summed E-state index contributed by atoms with van der Waals surface area (Å²) in [5.74, 6) is 0.776. The zero-order valence-corrected chi connectivity index (χ0v) is 11.9. The van der Waals surface area contributed by atoms with Crippen molar-refractivity contribution in [1.82, 2.24) is 10.5 Å². The van der Waals surface area contributed by atoms with E-state index in [1.54, 1.807) is 0 Å². The third-order valence-corrected chi connectivity index (χ3v) is 3.27. The molecule has 0 fully saturated rings. The number of rotatable bonds is 6. The number of hydrogen-bond donors (Lipinski definition) is 1. The molecule has 0 radical (unpaired) electrons. The molecule has 2 aromatic rings. The van der Waals surface area contributed by atoms with E-state index in [1.807, 2.05) is 50.2 Å². The number of carbonyl (C=O) groups excluding carboxylic acids is 1. The van der Waals surface area contributed by atoms with Gasteiger partial charge in [-0.1, -0.05) is 42.4 Å². The fourth-order valence-electron chi connectivity index (χ4n) is 2.22. The van der Waals surface area contributed by atoms with Gasteiger partial charge in [0.2, 0.25) is 5.91 Å². The summed E-state index contributed by atoms with van der Waals surface area (Å²) in [6.07, 6.45) is 1.45. The predicted molar refractivity (Wildman–Crippen MR) is 77.4 cm³/mol. The lowest BCUT2D eigenvalue weighted by Crippen LogP contribution is -2.30. The molecular weight excluding hydrogens is 252 g/mol. The summed E-state index contributed by atoms with van der Waals surface area (Å²) >= 11 is 0. The molecule has 0 unspecified atom stereocenters. The third-order valence-electron chi connectivity index (χ3n) is 3.27. The molecule has 0 bridgehead atoms. The Morgan fingerprint density at radius 3 is 2.70 bits per heavy atom. The predicted octanol–water partition coefficient (Wildman–Crippen LogP) is 2.84. The summed E-state index contributed by atoms with van der Waals surface area (Å²) in [6.45, 7) is 4.47. The van der Waals surface area contributed by atoms with Crippen LogP contribution >= 0.6 is 0 Å². The molecule has 1 aromatic carbocycles. The Morgan fingerprint density at radius 1 is 1.35 bits per heavy atom. The molecule has 1 atom stereocenters. The van der Waals surface area contributed by atoms with Crippen LogP contribution in [-0.2, 0) is 11.2 Å². The lowest BCUT2D eigenvalue weighted by Gasteiger charge is -2.15. The van der Waals surface area contributed by atoms with Gasteiger partial charge in [0, 0.05) is 19.0 Å². The monoisotopic (exact) mass is 272 g/mol. The fraction of sp³-hybridized carbons (Fsp3) is 0.375.